The van der Waals surface area contributed by atoms with Crippen LogP contribution in [0.25, 0.3) is 0 Å². The highest BCUT2D eigenvalue weighted by molar-refractivity contribution is 5.33. The monoisotopic (exact) mass is 290 g/mol. The van der Waals surface area contributed by atoms with Crippen molar-refractivity contribution in [2.45, 2.75) is 57.0 Å². The minimum absolute atomic E-state index is 0.0159. The van der Waals surface area contributed by atoms with E-state index in [1.54, 1.807) is 7.11 Å². The van der Waals surface area contributed by atoms with Crippen LogP contribution in [0.15, 0.2) is 24.3 Å². The molecule has 2 rings (SSSR count). The molecule has 0 heterocycles. The van der Waals surface area contributed by atoms with Gasteiger partial charge in [0.25, 0.3) is 0 Å². The Morgan fingerprint density at radius 3 is 2.57 bits per heavy atom. The fourth-order valence-electron chi connectivity index (χ4n) is 3.41. The highest BCUT2D eigenvalue weighted by Gasteiger charge is 2.29. The Bertz CT molecular complexity index is 441. The number of rotatable bonds is 6. The molecule has 1 aliphatic carbocycles. The first-order chi connectivity index (χ1) is 10.0. The van der Waals surface area contributed by atoms with Gasteiger partial charge in [0.2, 0.25) is 0 Å². The van der Waals surface area contributed by atoms with Gasteiger partial charge in [-0.1, -0.05) is 37.5 Å². The standard InChI is InChI=1S/C18H30N2O/c1-15(13-16-9-5-6-10-17(16)21-3)20(2)14-18(19)11-7-4-8-12-18/h5-6,9-10,15H,4,7-8,11-14,19H2,1-3H3. The van der Waals surface area contributed by atoms with Crippen LogP contribution in [0.2, 0.25) is 0 Å². The molecule has 118 valence electrons. The Balaban J connectivity index is 1.94. The van der Waals surface area contributed by atoms with Gasteiger partial charge in [-0.15, -0.1) is 0 Å². The maximum absolute atomic E-state index is 6.58. The molecule has 1 unspecified atom stereocenters. The maximum Gasteiger partial charge on any atom is 0.122 e. The number of nitrogens with two attached hydrogens (primary N) is 1. The molecule has 21 heavy (non-hydrogen) atoms. The Kier molecular flexibility index (Phi) is 5.65. The number of methoxy groups -OCH3 is 1. The summed E-state index contributed by atoms with van der Waals surface area (Å²) in [4.78, 5) is 2.41. The lowest BCUT2D eigenvalue weighted by Gasteiger charge is -2.39. The number of hydrogen-bond donors (Lipinski definition) is 1. The Morgan fingerprint density at radius 2 is 1.90 bits per heavy atom. The van der Waals surface area contributed by atoms with E-state index in [9.17, 15) is 0 Å². The van der Waals surface area contributed by atoms with Crippen LogP contribution < -0.4 is 10.5 Å². The number of ether oxygens (including phenoxy) is 1. The summed E-state index contributed by atoms with van der Waals surface area (Å²) in [6.07, 6.45) is 7.24. The van der Waals surface area contributed by atoms with Crippen LogP contribution in [0.1, 0.15) is 44.6 Å². The van der Waals surface area contributed by atoms with Gasteiger partial charge in [-0.05, 0) is 44.9 Å². The molecule has 0 radical (unpaired) electrons. The van der Waals surface area contributed by atoms with Crippen molar-refractivity contribution in [3.8, 4) is 5.75 Å². The van der Waals surface area contributed by atoms with Gasteiger partial charge >= 0.3 is 0 Å². The van der Waals surface area contributed by atoms with Crippen molar-refractivity contribution in [2.24, 2.45) is 5.73 Å². The molecule has 1 atom stereocenters. The molecule has 0 aliphatic heterocycles. The first-order valence-electron chi connectivity index (χ1n) is 8.15. The Morgan fingerprint density at radius 1 is 1.24 bits per heavy atom. The van der Waals surface area contributed by atoms with Crippen molar-refractivity contribution in [3.05, 3.63) is 29.8 Å². The lowest BCUT2D eigenvalue weighted by Crippen LogP contribution is -2.52. The first-order valence-corrected chi connectivity index (χ1v) is 8.15. The zero-order valence-corrected chi connectivity index (χ0v) is 13.8. The molecule has 3 heteroatoms. The average Bonchev–Trinajstić information content (AvgIpc) is 2.48. The lowest BCUT2D eigenvalue weighted by atomic mass is 9.82. The summed E-state index contributed by atoms with van der Waals surface area (Å²) in [5.74, 6) is 0.984. The predicted octanol–water partition coefficient (Wildman–Crippen LogP) is 3.22. The molecule has 2 N–H and O–H groups in total. The predicted molar refractivity (Wildman–Crippen MR) is 88.8 cm³/mol. The van der Waals surface area contributed by atoms with E-state index < -0.39 is 0 Å². The number of hydrogen-bond acceptors (Lipinski definition) is 3. The molecular weight excluding hydrogens is 260 g/mol. The minimum atomic E-state index is 0.0159. The molecule has 1 fully saturated rings. The highest BCUT2D eigenvalue weighted by Crippen LogP contribution is 2.27. The summed E-state index contributed by atoms with van der Waals surface area (Å²) in [6.45, 7) is 3.27. The first kappa shape index (κ1) is 16.3. The van der Waals surface area contributed by atoms with Gasteiger partial charge in [0.05, 0.1) is 7.11 Å². The molecule has 1 aromatic rings. The van der Waals surface area contributed by atoms with E-state index in [0.717, 1.165) is 18.7 Å². The van der Waals surface area contributed by atoms with Gasteiger partial charge in [0.1, 0.15) is 5.75 Å². The number of likely N-dealkylation sites (N-methyl/N-ethyl adjacent to an activating group) is 1. The summed E-state index contributed by atoms with van der Waals surface area (Å²) >= 11 is 0. The van der Waals surface area contributed by atoms with Crippen molar-refractivity contribution in [2.75, 3.05) is 20.7 Å². The largest absolute Gasteiger partial charge is 0.496 e. The van der Waals surface area contributed by atoms with E-state index in [-0.39, 0.29) is 5.54 Å². The maximum atomic E-state index is 6.58. The molecular formula is C18H30N2O. The molecule has 0 saturated heterocycles. The van der Waals surface area contributed by atoms with Crippen LogP contribution in [0, 0.1) is 0 Å². The third-order valence-electron chi connectivity index (χ3n) is 4.87. The third-order valence-corrected chi connectivity index (χ3v) is 4.87. The van der Waals surface area contributed by atoms with Gasteiger partial charge < -0.3 is 15.4 Å². The molecule has 0 aromatic heterocycles. The van der Waals surface area contributed by atoms with E-state index in [1.165, 1.54) is 37.7 Å². The van der Waals surface area contributed by atoms with Crippen molar-refractivity contribution in [3.63, 3.8) is 0 Å². The van der Waals surface area contributed by atoms with Gasteiger partial charge in [-0.2, -0.15) is 0 Å². The fraction of sp³-hybridized carbons (Fsp3) is 0.667. The summed E-state index contributed by atoms with van der Waals surface area (Å²) in [7, 11) is 3.94. The van der Waals surface area contributed by atoms with E-state index in [1.807, 2.05) is 12.1 Å². The second-order valence-corrected chi connectivity index (χ2v) is 6.70. The summed E-state index contributed by atoms with van der Waals surface area (Å²) < 4.78 is 5.45. The minimum Gasteiger partial charge on any atom is -0.496 e. The van der Waals surface area contributed by atoms with E-state index in [0.29, 0.717) is 6.04 Å². The van der Waals surface area contributed by atoms with Crippen LogP contribution in [0.4, 0.5) is 0 Å². The van der Waals surface area contributed by atoms with Crippen LogP contribution in [-0.2, 0) is 6.42 Å². The molecule has 0 amide bonds. The molecule has 1 aliphatic rings. The van der Waals surface area contributed by atoms with Gasteiger partial charge in [-0.25, -0.2) is 0 Å². The summed E-state index contributed by atoms with van der Waals surface area (Å²) in [6, 6.07) is 8.75. The second kappa shape index (κ2) is 7.28. The third kappa shape index (κ3) is 4.45. The van der Waals surface area contributed by atoms with E-state index in [4.69, 9.17) is 10.5 Å². The topological polar surface area (TPSA) is 38.5 Å². The van der Waals surface area contributed by atoms with Crippen molar-refractivity contribution in [1.29, 1.82) is 0 Å². The SMILES string of the molecule is COc1ccccc1CC(C)N(C)CC1(N)CCCCC1. The quantitative estimate of drug-likeness (QED) is 0.874. The number of benzene rings is 1. The number of para-hydroxylation sites is 1. The lowest BCUT2D eigenvalue weighted by molar-refractivity contribution is 0.163. The van der Waals surface area contributed by atoms with E-state index >= 15 is 0 Å². The van der Waals surface area contributed by atoms with Crippen molar-refractivity contribution in [1.82, 2.24) is 4.90 Å². The average molecular weight is 290 g/mol. The fourth-order valence-corrected chi connectivity index (χ4v) is 3.41. The van der Waals surface area contributed by atoms with E-state index in [2.05, 4.69) is 31.0 Å². The van der Waals surface area contributed by atoms with Gasteiger partial charge in [0, 0.05) is 18.1 Å². The van der Waals surface area contributed by atoms with Crippen LogP contribution in [0.3, 0.4) is 0 Å². The Hall–Kier alpha value is -1.06. The zero-order chi connectivity index (χ0) is 15.3. The zero-order valence-electron chi connectivity index (χ0n) is 13.8. The molecule has 1 saturated carbocycles. The second-order valence-electron chi connectivity index (χ2n) is 6.70. The highest BCUT2D eigenvalue weighted by atomic mass is 16.5. The van der Waals surface area contributed by atoms with Crippen LogP contribution in [-0.4, -0.2) is 37.2 Å². The molecule has 0 bridgehead atoms. The van der Waals surface area contributed by atoms with Gasteiger partial charge in [0.15, 0.2) is 0 Å². The molecule has 1 aromatic carbocycles. The molecule has 0 spiro atoms. The van der Waals surface area contributed by atoms with Crippen LogP contribution >= 0.6 is 0 Å². The summed E-state index contributed by atoms with van der Waals surface area (Å²) in [5.41, 5.74) is 7.87. The normalized spacial score (nSPS) is 19.5. The summed E-state index contributed by atoms with van der Waals surface area (Å²) in [5, 5.41) is 0. The van der Waals surface area contributed by atoms with Crippen molar-refractivity contribution < 1.29 is 4.74 Å². The number of nitrogens with zero attached hydrogens (tertiary/aromatic N) is 1. The smallest absolute Gasteiger partial charge is 0.122 e. The van der Waals surface area contributed by atoms with Crippen molar-refractivity contribution >= 4 is 0 Å². The van der Waals surface area contributed by atoms with Crippen LogP contribution in [0.5, 0.6) is 5.75 Å². The molecule has 3 nitrogen and oxygen atoms in total. The van der Waals surface area contributed by atoms with Gasteiger partial charge in [-0.3, -0.25) is 0 Å². The Labute approximate surface area is 129 Å².